The Kier molecular flexibility index (Phi) is 6.49. The van der Waals surface area contributed by atoms with Crippen LogP contribution in [0, 0.1) is 0 Å². The third-order valence-corrected chi connectivity index (χ3v) is 6.57. The van der Waals surface area contributed by atoms with Crippen molar-refractivity contribution >= 4 is 40.2 Å². The highest BCUT2D eigenvalue weighted by Gasteiger charge is 2.42. The van der Waals surface area contributed by atoms with Crippen LogP contribution in [-0.2, 0) is 31.0 Å². The molecule has 8 heteroatoms. The number of hydrogen-bond donors (Lipinski definition) is 4. The van der Waals surface area contributed by atoms with E-state index in [1.54, 1.807) is 12.1 Å². The lowest BCUT2D eigenvalue weighted by atomic mass is 9.72. The highest BCUT2D eigenvalue weighted by atomic mass is 16.2. The van der Waals surface area contributed by atoms with Gasteiger partial charge in [-0.05, 0) is 42.2 Å². The summed E-state index contributed by atoms with van der Waals surface area (Å²) in [6, 6.07) is 14.1. The molecule has 8 nitrogen and oxygen atoms in total. The highest BCUT2D eigenvalue weighted by molar-refractivity contribution is 6.03. The third kappa shape index (κ3) is 4.57. The molecule has 2 heterocycles. The molecule has 0 radical (unpaired) electrons. The molecule has 2 unspecified atom stereocenters. The minimum Gasteiger partial charge on any atom is -0.361 e. The van der Waals surface area contributed by atoms with Gasteiger partial charge in [-0.1, -0.05) is 37.3 Å². The van der Waals surface area contributed by atoms with Gasteiger partial charge < -0.3 is 15.6 Å². The van der Waals surface area contributed by atoms with Gasteiger partial charge in [0.15, 0.2) is 0 Å². The van der Waals surface area contributed by atoms with E-state index in [9.17, 15) is 19.2 Å². The smallest absolute Gasteiger partial charge is 0.247 e. The maximum atomic E-state index is 13.1. The number of piperidine rings is 1. The largest absolute Gasteiger partial charge is 0.361 e. The van der Waals surface area contributed by atoms with Gasteiger partial charge >= 0.3 is 0 Å². The third-order valence-electron chi connectivity index (χ3n) is 6.57. The molecule has 2 atom stereocenters. The number of aromatic nitrogens is 1. The number of anilines is 1. The van der Waals surface area contributed by atoms with Crippen LogP contribution < -0.4 is 16.0 Å². The monoisotopic (exact) mass is 460 g/mol. The Morgan fingerprint density at radius 3 is 2.50 bits per heavy atom. The summed E-state index contributed by atoms with van der Waals surface area (Å²) < 4.78 is 0. The molecular formula is C26H28N4O4. The van der Waals surface area contributed by atoms with Crippen molar-refractivity contribution in [3.8, 4) is 0 Å². The van der Waals surface area contributed by atoms with Crippen molar-refractivity contribution in [3.63, 3.8) is 0 Å². The number of H-pyrrole nitrogens is 1. The molecule has 0 bridgehead atoms. The van der Waals surface area contributed by atoms with Gasteiger partial charge in [0.25, 0.3) is 0 Å². The number of nitrogens with one attached hydrogen (secondary N) is 4. The maximum Gasteiger partial charge on any atom is 0.247 e. The molecule has 1 aliphatic rings. The van der Waals surface area contributed by atoms with Gasteiger partial charge in [0.1, 0.15) is 6.04 Å². The molecule has 0 aliphatic carbocycles. The van der Waals surface area contributed by atoms with Crippen LogP contribution >= 0.6 is 0 Å². The fourth-order valence-corrected chi connectivity index (χ4v) is 4.64. The number of amides is 4. The Morgan fingerprint density at radius 2 is 1.82 bits per heavy atom. The summed E-state index contributed by atoms with van der Waals surface area (Å²) in [4.78, 5) is 52.3. The lowest BCUT2D eigenvalue weighted by Gasteiger charge is -2.35. The minimum atomic E-state index is -0.759. The predicted molar refractivity (Wildman–Crippen MR) is 129 cm³/mol. The molecule has 4 N–H and O–H groups in total. The summed E-state index contributed by atoms with van der Waals surface area (Å²) in [7, 11) is 0. The second-order valence-corrected chi connectivity index (χ2v) is 8.70. The van der Waals surface area contributed by atoms with Crippen LogP contribution in [0.1, 0.15) is 44.2 Å². The number of imide groups is 1. The second kappa shape index (κ2) is 9.51. The zero-order chi connectivity index (χ0) is 24.3. The number of fused-ring (bicyclic) bond motifs is 1. The summed E-state index contributed by atoms with van der Waals surface area (Å²) in [5, 5.41) is 9.06. The summed E-state index contributed by atoms with van der Waals surface area (Å²) in [6.07, 6.45) is 3.50. The quantitative estimate of drug-likeness (QED) is 0.405. The molecule has 1 aromatic heterocycles. The van der Waals surface area contributed by atoms with Crippen LogP contribution in [0.4, 0.5) is 5.69 Å². The van der Waals surface area contributed by atoms with E-state index in [-0.39, 0.29) is 23.6 Å². The normalized spacial score (nSPS) is 18.9. The molecule has 2 aromatic carbocycles. The van der Waals surface area contributed by atoms with E-state index in [4.69, 9.17) is 0 Å². The van der Waals surface area contributed by atoms with Crippen molar-refractivity contribution in [1.82, 2.24) is 15.6 Å². The van der Waals surface area contributed by atoms with E-state index in [1.807, 2.05) is 49.5 Å². The maximum absolute atomic E-state index is 13.1. The molecule has 176 valence electrons. The fraction of sp³-hybridized carbons (Fsp3) is 0.308. The molecular weight excluding hydrogens is 432 g/mol. The van der Waals surface area contributed by atoms with Gasteiger partial charge in [-0.3, -0.25) is 24.5 Å². The Bertz CT molecular complexity index is 1250. The van der Waals surface area contributed by atoms with E-state index >= 15 is 0 Å². The first-order valence-electron chi connectivity index (χ1n) is 11.4. The molecule has 0 saturated carbocycles. The minimum absolute atomic E-state index is 0.253. The lowest BCUT2D eigenvalue weighted by Crippen LogP contribution is -2.51. The summed E-state index contributed by atoms with van der Waals surface area (Å²) in [6.45, 7) is 3.31. The lowest BCUT2D eigenvalue weighted by molar-refractivity contribution is -0.138. The number of hydrogen-bond acceptors (Lipinski definition) is 4. The zero-order valence-corrected chi connectivity index (χ0v) is 19.2. The number of benzene rings is 2. The van der Waals surface area contributed by atoms with Crippen LogP contribution in [0.3, 0.4) is 0 Å². The number of carbonyl (C=O) groups is 4. The van der Waals surface area contributed by atoms with Crippen molar-refractivity contribution < 1.29 is 19.2 Å². The fourth-order valence-electron chi connectivity index (χ4n) is 4.64. The molecule has 3 aromatic rings. The first-order valence-corrected chi connectivity index (χ1v) is 11.4. The van der Waals surface area contributed by atoms with Crippen LogP contribution in [0.15, 0.2) is 54.7 Å². The summed E-state index contributed by atoms with van der Waals surface area (Å²) >= 11 is 0. The van der Waals surface area contributed by atoms with Crippen molar-refractivity contribution in [2.75, 3.05) is 5.32 Å². The SMILES string of the molecule is CCC1(c2ccc(NC(=O)C(Cc3c[nH]c4ccccc34)NC(C)=O)cc2)CCC(=O)NC1=O. The molecule has 1 fully saturated rings. The second-order valence-electron chi connectivity index (χ2n) is 8.70. The molecule has 1 saturated heterocycles. The highest BCUT2D eigenvalue weighted by Crippen LogP contribution is 2.36. The Morgan fingerprint density at radius 1 is 1.09 bits per heavy atom. The summed E-state index contributed by atoms with van der Waals surface area (Å²) in [5.74, 6) is -1.16. The zero-order valence-electron chi connectivity index (χ0n) is 19.2. The van der Waals surface area contributed by atoms with Crippen molar-refractivity contribution in [2.24, 2.45) is 0 Å². The summed E-state index contributed by atoms with van der Waals surface area (Å²) in [5.41, 5.74) is 2.50. The number of rotatable bonds is 7. The van der Waals surface area contributed by atoms with Crippen LogP contribution in [-0.4, -0.2) is 34.7 Å². The van der Waals surface area contributed by atoms with E-state index in [2.05, 4.69) is 20.9 Å². The number of aromatic amines is 1. The molecule has 0 spiro atoms. The Labute approximate surface area is 197 Å². The van der Waals surface area contributed by atoms with Crippen LogP contribution in [0.25, 0.3) is 10.9 Å². The number of para-hydroxylation sites is 1. The molecule has 4 amide bonds. The predicted octanol–water partition coefficient (Wildman–Crippen LogP) is 2.94. The van der Waals surface area contributed by atoms with E-state index in [1.165, 1.54) is 6.92 Å². The molecule has 4 rings (SSSR count). The number of carbonyl (C=O) groups excluding carboxylic acids is 4. The van der Waals surface area contributed by atoms with E-state index < -0.39 is 11.5 Å². The van der Waals surface area contributed by atoms with Gasteiger partial charge in [-0.2, -0.15) is 0 Å². The van der Waals surface area contributed by atoms with Crippen LogP contribution in [0.2, 0.25) is 0 Å². The van der Waals surface area contributed by atoms with Gasteiger partial charge in [0, 0.05) is 42.6 Å². The Hall–Kier alpha value is -3.94. The standard InChI is InChI=1S/C26H28N4O4/c1-3-26(13-12-23(32)30-25(26)34)18-8-10-19(11-9-18)29-24(33)22(28-16(2)31)14-17-15-27-21-7-5-4-6-20(17)21/h4-11,15,22,27H,3,12-14H2,1-2H3,(H,28,31)(H,29,33)(H,30,32,34). The average Bonchev–Trinajstić information content (AvgIpc) is 3.22. The van der Waals surface area contributed by atoms with Gasteiger partial charge in [-0.15, -0.1) is 0 Å². The van der Waals surface area contributed by atoms with Crippen molar-refractivity contribution in [2.45, 2.75) is 51.0 Å². The van der Waals surface area contributed by atoms with E-state index in [0.717, 1.165) is 22.0 Å². The van der Waals surface area contributed by atoms with Crippen molar-refractivity contribution in [3.05, 3.63) is 65.9 Å². The van der Waals surface area contributed by atoms with Gasteiger partial charge in [0.05, 0.1) is 5.41 Å². The Balaban J connectivity index is 1.51. The molecule has 1 aliphatic heterocycles. The molecule has 34 heavy (non-hydrogen) atoms. The first kappa shape index (κ1) is 23.2. The topological polar surface area (TPSA) is 120 Å². The van der Waals surface area contributed by atoms with Gasteiger partial charge in [0.2, 0.25) is 23.6 Å². The van der Waals surface area contributed by atoms with Gasteiger partial charge in [-0.25, -0.2) is 0 Å². The van der Waals surface area contributed by atoms with E-state index in [0.29, 0.717) is 31.4 Å². The van der Waals surface area contributed by atoms with Crippen molar-refractivity contribution in [1.29, 1.82) is 0 Å². The first-order chi connectivity index (χ1) is 16.3. The average molecular weight is 461 g/mol. The van der Waals surface area contributed by atoms with Crippen LogP contribution in [0.5, 0.6) is 0 Å².